The zero-order valence-corrected chi connectivity index (χ0v) is 6.90. The van der Waals surface area contributed by atoms with Gasteiger partial charge in [0.15, 0.2) is 0 Å². The monoisotopic (exact) mass is 167 g/mol. The van der Waals surface area contributed by atoms with E-state index in [4.69, 9.17) is 0 Å². The highest BCUT2D eigenvalue weighted by molar-refractivity contribution is 6.00. The minimum absolute atomic E-state index is 0.465. The van der Waals surface area contributed by atoms with E-state index in [0.29, 0.717) is 0 Å². The Morgan fingerprint density at radius 3 is 2.58 bits per heavy atom. The Labute approximate surface area is 69.7 Å². The van der Waals surface area contributed by atoms with Crippen LogP contribution in [0.5, 0.6) is 0 Å². The van der Waals surface area contributed by atoms with Crippen LogP contribution in [0.3, 0.4) is 0 Å². The van der Waals surface area contributed by atoms with Gasteiger partial charge in [0.25, 0.3) is 5.54 Å². The van der Waals surface area contributed by atoms with Crippen molar-refractivity contribution < 1.29 is 9.72 Å². The molecular formula is C8H9NO3. The molecule has 0 fully saturated rings. The molecule has 1 atom stereocenters. The van der Waals surface area contributed by atoms with Gasteiger partial charge in [0, 0.05) is 17.9 Å². The van der Waals surface area contributed by atoms with E-state index in [1.54, 1.807) is 13.0 Å². The molecule has 0 aromatic heterocycles. The molecule has 0 aliphatic heterocycles. The van der Waals surface area contributed by atoms with E-state index < -0.39 is 16.2 Å². The molecule has 0 saturated heterocycles. The Bertz CT molecular complexity index is 303. The van der Waals surface area contributed by atoms with Crippen molar-refractivity contribution in [3.8, 4) is 0 Å². The first kappa shape index (κ1) is 8.64. The van der Waals surface area contributed by atoms with Gasteiger partial charge in [0.2, 0.25) is 5.78 Å². The van der Waals surface area contributed by atoms with E-state index in [1.807, 2.05) is 0 Å². The molecule has 1 aliphatic rings. The number of ketones is 1. The van der Waals surface area contributed by atoms with E-state index in [1.165, 1.54) is 19.1 Å². The highest BCUT2D eigenvalue weighted by Gasteiger charge is 2.42. The van der Waals surface area contributed by atoms with E-state index in [-0.39, 0.29) is 0 Å². The molecule has 64 valence electrons. The number of carbonyl (C=O) groups is 1. The van der Waals surface area contributed by atoms with Crippen molar-refractivity contribution in [1.29, 1.82) is 0 Å². The first-order valence-corrected chi connectivity index (χ1v) is 3.53. The molecule has 0 spiro atoms. The van der Waals surface area contributed by atoms with E-state index in [0.717, 1.165) is 5.57 Å². The van der Waals surface area contributed by atoms with Crippen LogP contribution in [-0.2, 0) is 4.79 Å². The van der Waals surface area contributed by atoms with Crippen molar-refractivity contribution in [2.24, 2.45) is 0 Å². The molecule has 4 nitrogen and oxygen atoms in total. The average Bonchev–Trinajstić information content (AvgIpc) is 1.97. The number of hydrogen-bond donors (Lipinski definition) is 0. The summed E-state index contributed by atoms with van der Waals surface area (Å²) in [6.07, 6.45) is 4.21. The molecule has 1 rings (SSSR count). The topological polar surface area (TPSA) is 60.2 Å². The normalized spacial score (nSPS) is 28.5. The first-order chi connectivity index (χ1) is 5.47. The van der Waals surface area contributed by atoms with Gasteiger partial charge in [-0.1, -0.05) is 6.08 Å². The molecular weight excluding hydrogens is 158 g/mol. The second-order valence-corrected chi connectivity index (χ2v) is 2.99. The Balaban J connectivity index is 3.07. The third-order valence-corrected chi connectivity index (χ3v) is 1.91. The van der Waals surface area contributed by atoms with Crippen LogP contribution in [0.15, 0.2) is 23.8 Å². The first-order valence-electron chi connectivity index (χ1n) is 3.53. The highest BCUT2D eigenvalue weighted by Crippen LogP contribution is 2.19. The number of carbonyl (C=O) groups excluding carboxylic acids is 1. The summed E-state index contributed by atoms with van der Waals surface area (Å²) in [6.45, 7) is 3.03. The van der Waals surface area contributed by atoms with Crippen LogP contribution >= 0.6 is 0 Å². The van der Waals surface area contributed by atoms with Crippen LogP contribution in [0.25, 0.3) is 0 Å². The zero-order valence-electron chi connectivity index (χ0n) is 6.90. The van der Waals surface area contributed by atoms with Crippen LogP contribution in [0.1, 0.15) is 13.8 Å². The largest absolute Gasteiger partial charge is 0.298 e. The van der Waals surface area contributed by atoms with Crippen molar-refractivity contribution in [3.05, 3.63) is 33.9 Å². The van der Waals surface area contributed by atoms with Gasteiger partial charge in [-0.25, -0.2) is 0 Å². The predicted molar refractivity (Wildman–Crippen MR) is 43.3 cm³/mol. The fraction of sp³-hybridized carbons (Fsp3) is 0.375. The van der Waals surface area contributed by atoms with Gasteiger partial charge in [-0.2, -0.15) is 0 Å². The summed E-state index contributed by atoms with van der Waals surface area (Å²) in [5.74, 6) is -0.465. The van der Waals surface area contributed by atoms with Crippen LogP contribution < -0.4 is 0 Å². The molecule has 0 bridgehead atoms. The fourth-order valence-electron chi connectivity index (χ4n) is 0.928. The lowest BCUT2D eigenvalue weighted by atomic mass is 9.90. The number of nitrogens with zero attached hydrogens (tertiary/aromatic N) is 1. The van der Waals surface area contributed by atoms with Crippen molar-refractivity contribution in [2.45, 2.75) is 19.4 Å². The van der Waals surface area contributed by atoms with Crippen molar-refractivity contribution >= 4 is 5.78 Å². The lowest BCUT2D eigenvalue weighted by molar-refractivity contribution is -0.532. The van der Waals surface area contributed by atoms with Gasteiger partial charge in [-0.3, -0.25) is 14.9 Å². The summed E-state index contributed by atoms with van der Waals surface area (Å²) in [5.41, 5.74) is -0.807. The Morgan fingerprint density at radius 1 is 1.58 bits per heavy atom. The molecule has 0 aromatic carbocycles. The lowest BCUT2D eigenvalue weighted by Gasteiger charge is -2.16. The van der Waals surface area contributed by atoms with Gasteiger partial charge in [-0.15, -0.1) is 0 Å². The molecule has 0 amide bonds. The summed E-state index contributed by atoms with van der Waals surface area (Å²) in [5, 5.41) is 10.5. The van der Waals surface area contributed by atoms with Crippen LogP contribution in [0.2, 0.25) is 0 Å². The predicted octanol–water partition coefficient (Wildman–Crippen LogP) is 1.11. The Hall–Kier alpha value is -1.45. The van der Waals surface area contributed by atoms with E-state index in [9.17, 15) is 14.9 Å². The van der Waals surface area contributed by atoms with Crippen LogP contribution in [-0.4, -0.2) is 16.2 Å². The molecule has 1 unspecified atom stereocenters. The van der Waals surface area contributed by atoms with Crippen molar-refractivity contribution in [3.63, 3.8) is 0 Å². The third kappa shape index (κ3) is 1.15. The summed E-state index contributed by atoms with van der Waals surface area (Å²) >= 11 is 0. The molecule has 12 heavy (non-hydrogen) atoms. The standard InChI is InChI=1S/C8H9NO3/c1-6-3-4-8(2,9(11)12)7(10)5-6/h3-5H,1-2H3. The van der Waals surface area contributed by atoms with Crippen molar-refractivity contribution in [1.82, 2.24) is 0 Å². The molecule has 0 N–H and O–H groups in total. The van der Waals surface area contributed by atoms with E-state index >= 15 is 0 Å². The summed E-state index contributed by atoms with van der Waals surface area (Å²) in [4.78, 5) is 21.1. The van der Waals surface area contributed by atoms with Gasteiger partial charge in [-0.05, 0) is 18.6 Å². The molecule has 1 aliphatic carbocycles. The SMILES string of the molecule is CC1=CC(=O)C(C)([N+](=O)[O-])C=C1. The quantitative estimate of drug-likeness (QED) is 0.434. The third-order valence-electron chi connectivity index (χ3n) is 1.91. The number of allylic oxidation sites excluding steroid dienone is 2. The van der Waals surface area contributed by atoms with Crippen LogP contribution in [0.4, 0.5) is 0 Å². The molecule has 0 aromatic rings. The van der Waals surface area contributed by atoms with Crippen molar-refractivity contribution in [2.75, 3.05) is 0 Å². The molecule has 0 radical (unpaired) electrons. The average molecular weight is 167 g/mol. The minimum Gasteiger partial charge on any atom is -0.286 e. The van der Waals surface area contributed by atoms with Gasteiger partial charge in [0.1, 0.15) is 0 Å². The lowest BCUT2D eigenvalue weighted by Crippen LogP contribution is -2.41. The highest BCUT2D eigenvalue weighted by atomic mass is 16.6. The number of nitro groups is 1. The fourth-order valence-corrected chi connectivity index (χ4v) is 0.928. The molecule has 0 saturated carbocycles. The maximum atomic E-state index is 11.2. The van der Waals surface area contributed by atoms with Crippen LogP contribution in [0, 0.1) is 10.1 Å². The number of rotatable bonds is 1. The second kappa shape index (κ2) is 2.55. The molecule has 4 heteroatoms. The van der Waals surface area contributed by atoms with Gasteiger partial charge >= 0.3 is 0 Å². The smallest absolute Gasteiger partial charge is 0.286 e. The maximum absolute atomic E-state index is 11.2. The summed E-state index contributed by atoms with van der Waals surface area (Å²) in [7, 11) is 0. The van der Waals surface area contributed by atoms with Gasteiger partial charge in [0.05, 0.1) is 0 Å². The Morgan fingerprint density at radius 2 is 2.17 bits per heavy atom. The van der Waals surface area contributed by atoms with Gasteiger partial charge < -0.3 is 0 Å². The maximum Gasteiger partial charge on any atom is 0.298 e. The number of hydrogen-bond acceptors (Lipinski definition) is 3. The molecule has 0 heterocycles. The second-order valence-electron chi connectivity index (χ2n) is 2.99. The minimum atomic E-state index is -1.56. The summed E-state index contributed by atoms with van der Waals surface area (Å²) < 4.78 is 0. The summed E-state index contributed by atoms with van der Waals surface area (Å²) in [6, 6.07) is 0. The van der Waals surface area contributed by atoms with E-state index in [2.05, 4.69) is 0 Å². The zero-order chi connectivity index (χ0) is 9.35. The Kier molecular flexibility index (Phi) is 1.84.